The van der Waals surface area contributed by atoms with Crippen LogP contribution in [-0.2, 0) is 38.7 Å². The number of hydrogen-bond donors (Lipinski definition) is 4. The van der Waals surface area contributed by atoms with E-state index < -0.39 is 65.9 Å². The number of fused-ring (bicyclic) bond motifs is 5. The molecule has 15 nitrogen and oxygen atoms in total. The molecule has 1 atom stereocenters. The van der Waals surface area contributed by atoms with Crippen LogP contribution in [0.1, 0.15) is 62.7 Å². The van der Waals surface area contributed by atoms with Crippen molar-refractivity contribution in [3.63, 3.8) is 0 Å². The van der Waals surface area contributed by atoms with Crippen molar-refractivity contribution in [1.82, 2.24) is 10.6 Å². The third kappa shape index (κ3) is 7.99. The van der Waals surface area contributed by atoms with Gasteiger partial charge in [-0.05, 0) is 52.4 Å². The summed E-state index contributed by atoms with van der Waals surface area (Å²) in [5, 5.41) is 8.10. The summed E-state index contributed by atoms with van der Waals surface area (Å²) in [6, 6.07) is 27.2. The fourth-order valence-corrected chi connectivity index (χ4v) is 9.57. The molecule has 2 amide bonds. The topological polar surface area (TPSA) is 226 Å². The summed E-state index contributed by atoms with van der Waals surface area (Å²) in [5.41, 5.74) is 9.30. The number of anilines is 3. The average Bonchev–Trinajstić information content (AvgIpc) is 3.54. The van der Waals surface area contributed by atoms with Gasteiger partial charge in [-0.25, -0.2) is 18.1 Å². The van der Waals surface area contributed by atoms with E-state index in [4.69, 9.17) is 10.5 Å². The summed E-state index contributed by atoms with van der Waals surface area (Å²) >= 11 is 0. The molecule has 60 heavy (non-hydrogen) atoms. The maximum absolute atomic E-state index is 13.8. The molecule has 0 saturated heterocycles. The van der Waals surface area contributed by atoms with E-state index in [2.05, 4.69) is 25.2 Å². The van der Waals surface area contributed by atoms with Gasteiger partial charge < -0.3 is 26.4 Å². The van der Waals surface area contributed by atoms with Crippen LogP contribution < -0.4 is 21.7 Å². The molecule has 0 heterocycles. The Morgan fingerprint density at radius 1 is 0.767 bits per heavy atom. The van der Waals surface area contributed by atoms with Crippen LogP contribution in [0.5, 0.6) is 0 Å². The Hall–Kier alpha value is -6.40. The highest BCUT2D eigenvalue weighted by molar-refractivity contribution is 7.91. The Bertz CT molecular complexity index is 2740. The standard InChI is InChI=1S/C43H40N4O11S2/c1-24(2)39(47-43(51)57-23-33-29-15-6-4-13-27(29)28-14-5-7-16-30(28)33)42(50)45-19-20-59(52,53)26-12-10-11-25(21-26)46-34-22-35(60(54,55)58-56-3)38(44)37-36(34)40(48)31-17-8-9-18-32(31)41(37)49/h4-18,21-22,24,33,39,46H,19-20,23,44H2,1-3H3,(H,45,50)(H,47,51). The Kier molecular flexibility index (Phi) is 11.6. The molecule has 0 radical (unpaired) electrons. The van der Waals surface area contributed by atoms with Gasteiger partial charge in [0.2, 0.25) is 5.91 Å². The van der Waals surface area contributed by atoms with Crippen LogP contribution in [-0.4, -0.2) is 72.5 Å². The SMILES string of the molecule is COOS(=O)(=O)c1cc(Nc2cccc(S(=O)(=O)CCNC(=O)C(NC(=O)OCC3c4ccccc4-c4ccccc43)C(C)C)c2)c2c(c1N)C(=O)c1ccccc1C2=O. The van der Waals surface area contributed by atoms with Crippen molar-refractivity contribution < 1.29 is 50.0 Å². The minimum atomic E-state index is -4.71. The second-order valence-corrected chi connectivity index (χ2v) is 18.0. The third-order valence-electron chi connectivity index (χ3n) is 10.3. The monoisotopic (exact) mass is 852 g/mol. The molecular formula is C43H40N4O11S2. The molecular weight excluding hydrogens is 813 g/mol. The number of rotatable bonds is 14. The van der Waals surface area contributed by atoms with Crippen molar-refractivity contribution in [3.8, 4) is 11.1 Å². The zero-order valence-corrected chi connectivity index (χ0v) is 34.2. The predicted octanol–water partition coefficient (Wildman–Crippen LogP) is 5.51. The van der Waals surface area contributed by atoms with Gasteiger partial charge in [0, 0.05) is 29.3 Å². The first-order valence-corrected chi connectivity index (χ1v) is 21.8. The maximum Gasteiger partial charge on any atom is 0.407 e. The minimum Gasteiger partial charge on any atom is -0.449 e. The van der Waals surface area contributed by atoms with Gasteiger partial charge in [-0.15, -0.1) is 4.33 Å². The smallest absolute Gasteiger partial charge is 0.407 e. The number of amides is 2. The van der Waals surface area contributed by atoms with Gasteiger partial charge in [-0.3, -0.25) is 14.4 Å². The molecule has 1 unspecified atom stereocenters. The van der Waals surface area contributed by atoms with Crippen LogP contribution in [0.4, 0.5) is 21.9 Å². The number of benzene rings is 5. The van der Waals surface area contributed by atoms with Crippen molar-refractivity contribution in [2.24, 2.45) is 5.92 Å². The van der Waals surface area contributed by atoms with E-state index in [1.807, 2.05) is 48.5 Å². The van der Waals surface area contributed by atoms with E-state index in [1.54, 1.807) is 26.0 Å². The van der Waals surface area contributed by atoms with Crippen molar-refractivity contribution in [2.75, 3.05) is 37.1 Å². The molecule has 5 aromatic carbocycles. The first-order chi connectivity index (χ1) is 28.6. The van der Waals surface area contributed by atoms with Gasteiger partial charge in [-0.1, -0.05) is 92.7 Å². The second-order valence-electron chi connectivity index (χ2n) is 14.4. The van der Waals surface area contributed by atoms with Gasteiger partial charge in [0.05, 0.1) is 40.3 Å². The number of nitrogens with two attached hydrogens (primary N) is 1. The van der Waals surface area contributed by atoms with Gasteiger partial charge in [0.1, 0.15) is 17.5 Å². The molecule has 0 aliphatic heterocycles. The van der Waals surface area contributed by atoms with E-state index in [1.165, 1.54) is 36.4 Å². The van der Waals surface area contributed by atoms with Crippen LogP contribution in [0.15, 0.2) is 113 Å². The van der Waals surface area contributed by atoms with Crippen molar-refractivity contribution in [2.45, 2.75) is 35.6 Å². The molecule has 0 fully saturated rings. The summed E-state index contributed by atoms with van der Waals surface area (Å²) in [6.07, 6.45) is -0.795. The first-order valence-electron chi connectivity index (χ1n) is 18.7. The Balaban J connectivity index is 1.03. The maximum atomic E-state index is 13.8. The van der Waals surface area contributed by atoms with E-state index in [0.717, 1.165) is 35.4 Å². The molecule has 17 heteroatoms. The number of carbonyl (C=O) groups excluding carboxylic acids is 4. The number of hydrogen-bond acceptors (Lipinski definition) is 13. The fourth-order valence-electron chi connectivity index (χ4n) is 7.49. The first kappa shape index (κ1) is 41.7. The van der Waals surface area contributed by atoms with Crippen LogP contribution in [0.3, 0.4) is 0 Å². The summed E-state index contributed by atoms with van der Waals surface area (Å²) in [6.45, 7) is 3.19. The summed E-state index contributed by atoms with van der Waals surface area (Å²) in [7, 11) is -7.82. The molecule has 7 rings (SSSR count). The molecule has 5 aromatic rings. The molecule has 0 spiro atoms. The van der Waals surface area contributed by atoms with Gasteiger partial charge in [0.15, 0.2) is 21.4 Å². The number of sulfone groups is 1. The highest BCUT2D eigenvalue weighted by Gasteiger charge is 2.38. The highest BCUT2D eigenvalue weighted by Crippen LogP contribution is 2.45. The van der Waals surface area contributed by atoms with Gasteiger partial charge in [0.25, 0.3) is 0 Å². The number of nitrogens with one attached hydrogen (secondary N) is 3. The van der Waals surface area contributed by atoms with E-state index in [-0.39, 0.29) is 63.5 Å². The van der Waals surface area contributed by atoms with Crippen LogP contribution in [0, 0.1) is 5.92 Å². The van der Waals surface area contributed by atoms with Crippen molar-refractivity contribution in [1.29, 1.82) is 0 Å². The zero-order chi connectivity index (χ0) is 42.9. The van der Waals surface area contributed by atoms with E-state index in [9.17, 15) is 36.0 Å². The molecule has 0 bridgehead atoms. The summed E-state index contributed by atoms with van der Waals surface area (Å²) in [5.74, 6) is -3.04. The lowest BCUT2D eigenvalue weighted by atomic mass is 9.82. The Labute approximate surface area is 346 Å². The molecule has 2 aliphatic carbocycles. The van der Waals surface area contributed by atoms with Crippen LogP contribution >= 0.6 is 0 Å². The van der Waals surface area contributed by atoms with Gasteiger partial charge >= 0.3 is 16.2 Å². The second kappa shape index (κ2) is 16.7. The normalized spacial score (nSPS) is 13.8. The average molecular weight is 853 g/mol. The largest absolute Gasteiger partial charge is 0.449 e. The van der Waals surface area contributed by atoms with Crippen molar-refractivity contribution >= 4 is 60.6 Å². The molecule has 0 saturated carbocycles. The number of nitrogen functional groups attached to an aromatic ring is 1. The highest BCUT2D eigenvalue weighted by atomic mass is 32.2. The minimum absolute atomic E-state index is 0.0165. The van der Waals surface area contributed by atoms with Crippen molar-refractivity contribution in [3.05, 3.63) is 137 Å². The molecule has 0 aromatic heterocycles. The fraction of sp³-hybridized carbons (Fsp3) is 0.209. The zero-order valence-electron chi connectivity index (χ0n) is 32.6. The molecule has 2 aliphatic rings. The molecule has 310 valence electrons. The van der Waals surface area contributed by atoms with Crippen LogP contribution in [0.2, 0.25) is 0 Å². The van der Waals surface area contributed by atoms with E-state index in [0.29, 0.717) is 0 Å². The lowest BCUT2D eigenvalue weighted by molar-refractivity contribution is -0.172. The quantitative estimate of drug-likeness (QED) is 0.0604. The summed E-state index contributed by atoms with van der Waals surface area (Å²) < 4.78 is 63.2. The van der Waals surface area contributed by atoms with Crippen LogP contribution in [0.25, 0.3) is 11.1 Å². The number of carbonyl (C=O) groups is 4. The third-order valence-corrected chi connectivity index (χ3v) is 13.2. The lowest BCUT2D eigenvalue weighted by Gasteiger charge is -2.24. The predicted molar refractivity (Wildman–Crippen MR) is 221 cm³/mol. The van der Waals surface area contributed by atoms with Gasteiger partial charge in [-0.2, -0.15) is 8.42 Å². The Morgan fingerprint density at radius 3 is 1.95 bits per heavy atom. The lowest BCUT2D eigenvalue weighted by Crippen LogP contribution is -2.50. The molecule has 5 N–H and O–H groups in total. The number of ketones is 2. The number of ether oxygens (including phenoxy) is 1. The number of alkyl carbamates (subject to hydrolysis) is 1. The summed E-state index contributed by atoms with van der Waals surface area (Å²) in [4.78, 5) is 57.3. The van der Waals surface area contributed by atoms with E-state index >= 15 is 0 Å². The Morgan fingerprint density at radius 2 is 1.35 bits per heavy atom.